The lowest BCUT2D eigenvalue weighted by Crippen LogP contribution is -2.61. The van der Waals surface area contributed by atoms with Crippen LogP contribution in [0.3, 0.4) is 0 Å². The predicted octanol–water partition coefficient (Wildman–Crippen LogP) is 22.7. The molecule has 4 heterocycles. The lowest BCUT2D eigenvalue weighted by molar-refractivity contribution is 0.418. The van der Waals surface area contributed by atoms with Crippen LogP contribution in [0.5, 0.6) is 23.0 Å². The normalized spacial score (nSPS) is 13.8. The third kappa shape index (κ3) is 9.22. The van der Waals surface area contributed by atoms with Crippen molar-refractivity contribution >= 4 is 57.2 Å². The van der Waals surface area contributed by atoms with Gasteiger partial charge in [0.15, 0.2) is 0 Å². The molecule has 4 aliphatic rings. The summed E-state index contributed by atoms with van der Waals surface area (Å²) in [4.78, 5) is 5.24. The molecule has 4 aliphatic heterocycles. The van der Waals surface area contributed by atoms with Crippen LogP contribution in [0.1, 0.15) is 47.2 Å². The fourth-order valence-corrected chi connectivity index (χ4v) is 16.7. The molecule has 99 heavy (non-hydrogen) atoms. The van der Waals surface area contributed by atoms with Gasteiger partial charge in [-0.25, -0.2) is 0 Å². The first-order valence-corrected chi connectivity index (χ1v) is 34.3. The molecular weight excluding hydrogens is 1200 g/mol. The van der Waals surface area contributed by atoms with Crippen LogP contribution in [0.25, 0.3) is 66.8 Å². The van der Waals surface area contributed by atoms with Gasteiger partial charge in [0, 0.05) is 73.2 Å². The van der Waals surface area contributed by atoms with Gasteiger partial charge in [0.05, 0.1) is 16.8 Å². The molecule has 0 fully saturated rings. The Morgan fingerprint density at radius 2 is 0.687 bits per heavy atom. The number of fused-ring (bicyclic) bond motifs is 8. The average molecular weight is 1270 g/mol. The Hall–Kier alpha value is -12.4. The van der Waals surface area contributed by atoms with Crippen LogP contribution in [0.4, 0.5) is 34.1 Å². The van der Waals surface area contributed by atoms with Crippen molar-refractivity contribution in [3.05, 3.63) is 391 Å². The highest BCUT2D eigenvalue weighted by atomic mass is 16.5. The van der Waals surface area contributed by atoms with Crippen LogP contribution in [0, 0.1) is 0 Å². The molecule has 15 aromatic rings. The fraction of sp³-hybridized carbons (Fsp3) is 0.0426. The van der Waals surface area contributed by atoms with Gasteiger partial charge in [0.2, 0.25) is 0 Å². The van der Waals surface area contributed by atoms with E-state index >= 15 is 0 Å². The van der Waals surface area contributed by atoms with E-state index in [0.717, 1.165) is 157 Å². The van der Waals surface area contributed by atoms with E-state index in [2.05, 4.69) is 382 Å². The zero-order valence-electron chi connectivity index (χ0n) is 54.9. The van der Waals surface area contributed by atoms with Crippen molar-refractivity contribution in [2.75, 3.05) is 9.80 Å². The van der Waals surface area contributed by atoms with E-state index < -0.39 is 10.8 Å². The molecule has 0 saturated carbocycles. The first-order chi connectivity index (χ1) is 48.9. The van der Waals surface area contributed by atoms with Crippen molar-refractivity contribution in [1.82, 2.24) is 0 Å². The van der Waals surface area contributed by atoms with Gasteiger partial charge in [-0.3, -0.25) is 0 Å². The second-order valence-corrected chi connectivity index (χ2v) is 27.0. The summed E-state index contributed by atoms with van der Waals surface area (Å²) in [6, 6.07) is 132. The molecule has 0 radical (unpaired) electrons. The lowest BCUT2D eigenvalue weighted by Gasteiger charge is -2.46. The van der Waals surface area contributed by atoms with E-state index in [-0.39, 0.29) is 6.71 Å². The molecule has 19 rings (SSSR count). The van der Waals surface area contributed by atoms with Gasteiger partial charge in [-0.2, -0.15) is 0 Å². The molecule has 0 aliphatic carbocycles. The van der Waals surface area contributed by atoms with Gasteiger partial charge in [-0.1, -0.05) is 311 Å². The van der Waals surface area contributed by atoms with Crippen LogP contribution in [-0.2, 0) is 10.8 Å². The molecule has 0 saturated heterocycles. The maximum absolute atomic E-state index is 7.30. The quantitative estimate of drug-likeness (QED) is 0.127. The molecule has 15 aromatic carbocycles. The number of rotatable bonds is 10. The van der Waals surface area contributed by atoms with Gasteiger partial charge in [-0.15, -0.1) is 0 Å². The van der Waals surface area contributed by atoms with E-state index in [4.69, 9.17) is 9.47 Å². The standard InChI is InChI=1S/C94H65BN2O2/c1-93(2)76-45-24-26-47-87(76)99-90-61-84-81(60-78(90)93)95-80-57-69(63-31-12-4-13-32-63)50-53-83(80)97(92-73(64-33-14-5-15-34-64)43-28-44-74(92)65-35-16-6-17-36-65)86-59-70(58-85(91(86)95)96(84)82-52-49-67(62-29-10-3-11-30-62)55-75(82)66-37-18-7-19-38-66)68-51-54-89-79(56-68)94(71-39-20-8-21-40-71,72-41-22-9-23-42-72)77-46-25-27-48-88(77)98-89/h3-61H,1-2H3. The second-order valence-electron chi connectivity index (χ2n) is 27.0. The third-order valence-electron chi connectivity index (χ3n) is 21.2. The summed E-state index contributed by atoms with van der Waals surface area (Å²) >= 11 is 0. The summed E-state index contributed by atoms with van der Waals surface area (Å²) in [5.41, 5.74) is 29.0. The van der Waals surface area contributed by atoms with Gasteiger partial charge in [0.1, 0.15) is 23.0 Å². The minimum atomic E-state index is -0.765. The SMILES string of the molecule is CC1(C)c2ccccc2Oc2cc3c(cc21)B1c2cc(-c4ccccc4)ccc2N(c2c(-c4ccccc4)cccc2-c2ccccc2)c2cc(-c4ccc5c(c4)C(c4ccccc4)(c4ccccc4)c4ccccc4O5)cc(c21)N3c1ccc(-c2ccccc2)cc1-c1ccccc1. The largest absolute Gasteiger partial charge is 0.457 e. The van der Waals surface area contributed by atoms with Crippen LogP contribution in [0.2, 0.25) is 0 Å². The highest BCUT2D eigenvalue weighted by molar-refractivity contribution is 7.00. The first kappa shape index (κ1) is 58.0. The van der Waals surface area contributed by atoms with Crippen molar-refractivity contribution in [2.24, 2.45) is 0 Å². The summed E-state index contributed by atoms with van der Waals surface area (Å²) < 4.78 is 14.5. The first-order valence-electron chi connectivity index (χ1n) is 34.3. The molecule has 0 N–H and O–H groups in total. The number of para-hydroxylation sites is 3. The molecule has 0 aromatic heterocycles. The van der Waals surface area contributed by atoms with Crippen LogP contribution >= 0.6 is 0 Å². The summed E-state index contributed by atoms with van der Waals surface area (Å²) in [5, 5.41) is 0. The molecule has 0 spiro atoms. The Bertz CT molecular complexity index is 5550. The molecule has 5 heteroatoms. The van der Waals surface area contributed by atoms with E-state index in [1.165, 1.54) is 16.4 Å². The van der Waals surface area contributed by atoms with Crippen molar-refractivity contribution in [2.45, 2.75) is 24.7 Å². The number of hydrogen-bond donors (Lipinski definition) is 0. The Balaban J connectivity index is 0.977. The van der Waals surface area contributed by atoms with Gasteiger partial charge in [-0.05, 0) is 132 Å². The molecule has 4 nitrogen and oxygen atoms in total. The minimum Gasteiger partial charge on any atom is -0.457 e. The zero-order valence-corrected chi connectivity index (χ0v) is 54.9. The smallest absolute Gasteiger partial charge is 0.252 e. The number of ether oxygens (including phenoxy) is 2. The molecule has 0 amide bonds. The Morgan fingerprint density at radius 1 is 0.253 bits per heavy atom. The van der Waals surface area contributed by atoms with Crippen molar-refractivity contribution in [1.29, 1.82) is 0 Å². The third-order valence-corrected chi connectivity index (χ3v) is 21.2. The Morgan fingerprint density at radius 3 is 1.27 bits per heavy atom. The molecule has 0 atom stereocenters. The van der Waals surface area contributed by atoms with Crippen molar-refractivity contribution in [3.8, 4) is 89.8 Å². The summed E-state index contributed by atoms with van der Waals surface area (Å²) in [7, 11) is 0. The molecule has 466 valence electrons. The monoisotopic (exact) mass is 1260 g/mol. The van der Waals surface area contributed by atoms with Crippen LogP contribution in [0.15, 0.2) is 358 Å². The number of hydrogen-bond acceptors (Lipinski definition) is 4. The van der Waals surface area contributed by atoms with E-state index in [1.54, 1.807) is 0 Å². The Labute approximate surface area is 578 Å². The number of benzene rings is 15. The highest BCUT2D eigenvalue weighted by Gasteiger charge is 2.49. The maximum Gasteiger partial charge on any atom is 0.252 e. The van der Waals surface area contributed by atoms with E-state index in [0.29, 0.717) is 0 Å². The van der Waals surface area contributed by atoms with Crippen molar-refractivity contribution in [3.63, 3.8) is 0 Å². The second kappa shape index (κ2) is 23.2. The average Bonchev–Trinajstić information content (AvgIpc) is 0.691. The molecule has 0 bridgehead atoms. The predicted molar refractivity (Wildman–Crippen MR) is 410 cm³/mol. The summed E-state index contributed by atoms with van der Waals surface area (Å²) in [5.74, 6) is 3.37. The highest BCUT2D eigenvalue weighted by Crippen LogP contribution is 2.59. The summed E-state index contributed by atoms with van der Waals surface area (Å²) in [6.07, 6.45) is 0. The molecular formula is C94H65BN2O2. The fourth-order valence-electron chi connectivity index (χ4n) is 16.7. The maximum atomic E-state index is 7.30. The van der Waals surface area contributed by atoms with Crippen LogP contribution < -0.4 is 35.7 Å². The number of nitrogens with zero attached hydrogens (tertiary/aromatic N) is 2. The number of anilines is 6. The zero-order chi connectivity index (χ0) is 65.8. The van der Waals surface area contributed by atoms with Gasteiger partial charge in [0.25, 0.3) is 6.71 Å². The van der Waals surface area contributed by atoms with E-state index in [9.17, 15) is 0 Å². The molecule has 0 unspecified atom stereocenters. The Kier molecular flexibility index (Phi) is 13.6. The van der Waals surface area contributed by atoms with Crippen LogP contribution in [-0.4, -0.2) is 6.71 Å². The van der Waals surface area contributed by atoms with Gasteiger partial charge < -0.3 is 19.3 Å². The minimum absolute atomic E-state index is 0.284. The lowest BCUT2D eigenvalue weighted by atomic mass is 9.33. The van der Waals surface area contributed by atoms with Crippen molar-refractivity contribution < 1.29 is 9.47 Å². The summed E-state index contributed by atoms with van der Waals surface area (Å²) in [6.45, 7) is 4.45. The topological polar surface area (TPSA) is 24.9 Å². The van der Waals surface area contributed by atoms with E-state index in [1.807, 2.05) is 0 Å². The van der Waals surface area contributed by atoms with Gasteiger partial charge >= 0.3 is 0 Å².